The van der Waals surface area contributed by atoms with Crippen molar-refractivity contribution in [1.82, 2.24) is 9.97 Å². The van der Waals surface area contributed by atoms with Crippen LogP contribution in [-0.2, 0) is 23.3 Å². The number of nitrogens with two attached hydrogens (primary N) is 1. The second-order valence-electron chi connectivity index (χ2n) is 8.41. The summed E-state index contributed by atoms with van der Waals surface area (Å²) < 4.78 is 6.30. The average Bonchev–Trinajstić information content (AvgIpc) is 3.28. The number of carbonyl (C=O) groups is 1. The van der Waals surface area contributed by atoms with Crippen LogP contribution in [0.2, 0.25) is 0 Å². The van der Waals surface area contributed by atoms with Crippen LogP contribution in [-0.4, -0.2) is 21.5 Å². The molecule has 0 radical (unpaired) electrons. The fourth-order valence-corrected chi connectivity index (χ4v) is 5.44. The van der Waals surface area contributed by atoms with E-state index in [1.807, 2.05) is 18.2 Å². The molecule has 1 aliphatic rings. The van der Waals surface area contributed by atoms with E-state index in [9.17, 15) is 4.79 Å². The summed E-state index contributed by atoms with van der Waals surface area (Å²) in [5, 5.41) is 3.90. The Bertz CT molecular complexity index is 1050. The van der Waals surface area contributed by atoms with E-state index in [-0.39, 0.29) is 11.5 Å². The molecule has 4 rings (SSSR count). The quantitative estimate of drug-likeness (QED) is 0.593. The van der Waals surface area contributed by atoms with Gasteiger partial charge in [-0.25, -0.2) is 4.98 Å². The summed E-state index contributed by atoms with van der Waals surface area (Å²) in [5.41, 5.74) is 8.93. The molecular weight excluding hydrogens is 384 g/mol. The Morgan fingerprint density at radius 1 is 1.31 bits per heavy atom. The summed E-state index contributed by atoms with van der Waals surface area (Å²) in [6, 6.07) is 7.44. The fourth-order valence-electron chi connectivity index (χ4n) is 4.16. The van der Waals surface area contributed by atoms with E-state index < -0.39 is 5.60 Å². The number of nitrogens with zero attached hydrogens (tertiary/aromatic N) is 1. The summed E-state index contributed by atoms with van der Waals surface area (Å²) in [5.74, 6) is 0.486. The zero-order valence-corrected chi connectivity index (χ0v) is 17.9. The molecule has 0 saturated heterocycles. The van der Waals surface area contributed by atoms with E-state index in [1.165, 1.54) is 5.56 Å². The Morgan fingerprint density at radius 3 is 2.76 bits per heavy atom. The van der Waals surface area contributed by atoms with E-state index in [1.54, 1.807) is 29.8 Å². The summed E-state index contributed by atoms with van der Waals surface area (Å²) in [7, 11) is 0. The molecule has 152 valence electrons. The van der Waals surface area contributed by atoms with Crippen LogP contribution in [0.3, 0.4) is 0 Å². The van der Waals surface area contributed by atoms with Gasteiger partial charge in [0.25, 0.3) is 5.91 Å². The second-order valence-corrected chi connectivity index (χ2v) is 9.43. The molecule has 7 heteroatoms. The molecule has 0 unspecified atom stereocenters. The minimum Gasteiger partial charge on any atom is -0.364 e. The first-order valence-corrected chi connectivity index (χ1v) is 10.5. The van der Waals surface area contributed by atoms with Gasteiger partial charge in [0.2, 0.25) is 0 Å². The Labute approximate surface area is 174 Å². The van der Waals surface area contributed by atoms with Crippen molar-refractivity contribution in [2.24, 2.45) is 5.73 Å². The van der Waals surface area contributed by atoms with Crippen molar-refractivity contribution in [3.8, 4) is 11.4 Å². The van der Waals surface area contributed by atoms with Gasteiger partial charge in [-0.05, 0) is 39.3 Å². The summed E-state index contributed by atoms with van der Waals surface area (Å²) in [6.45, 7) is 8.69. The molecule has 1 aliphatic heterocycles. The molecule has 0 atom stereocenters. The first kappa shape index (κ1) is 19.8. The van der Waals surface area contributed by atoms with Crippen LogP contribution in [0.25, 0.3) is 11.4 Å². The molecule has 0 bridgehead atoms. The minimum atomic E-state index is -0.430. The molecule has 3 aromatic rings. The largest absolute Gasteiger partial charge is 0.364 e. The van der Waals surface area contributed by atoms with E-state index >= 15 is 0 Å². The van der Waals surface area contributed by atoms with E-state index in [2.05, 4.69) is 43.0 Å². The number of aromatic nitrogens is 2. The normalized spacial score (nSPS) is 17.0. The van der Waals surface area contributed by atoms with Crippen LogP contribution in [0, 0.1) is 0 Å². The molecule has 6 nitrogen and oxygen atoms in total. The first-order chi connectivity index (χ1) is 13.7. The maximum Gasteiger partial charge on any atom is 0.257 e. The first-order valence-electron chi connectivity index (χ1n) is 9.67. The SMILES string of the molecule is CC1(C)Cc2c(sc(NC(=O)c3ccccc3-c3ncc[nH]3)c2CN)C(C)(C)O1. The highest BCUT2D eigenvalue weighted by Gasteiger charge is 2.41. The van der Waals surface area contributed by atoms with Crippen LogP contribution < -0.4 is 11.1 Å². The smallest absolute Gasteiger partial charge is 0.257 e. The van der Waals surface area contributed by atoms with Crippen LogP contribution in [0.4, 0.5) is 5.00 Å². The molecule has 4 N–H and O–H groups in total. The molecule has 29 heavy (non-hydrogen) atoms. The van der Waals surface area contributed by atoms with Gasteiger partial charge in [-0.1, -0.05) is 18.2 Å². The molecule has 1 amide bonds. The number of ether oxygens (including phenoxy) is 1. The van der Waals surface area contributed by atoms with Gasteiger partial charge in [0, 0.05) is 41.4 Å². The predicted molar refractivity (Wildman–Crippen MR) is 116 cm³/mol. The number of benzene rings is 1. The molecule has 0 fully saturated rings. The maximum absolute atomic E-state index is 13.2. The van der Waals surface area contributed by atoms with Crippen molar-refractivity contribution in [2.45, 2.75) is 51.9 Å². The van der Waals surface area contributed by atoms with Crippen molar-refractivity contribution in [2.75, 3.05) is 5.32 Å². The van der Waals surface area contributed by atoms with Crippen LogP contribution >= 0.6 is 11.3 Å². The summed E-state index contributed by atoms with van der Waals surface area (Å²) in [4.78, 5) is 21.7. The number of imidazole rings is 1. The van der Waals surface area contributed by atoms with Crippen LogP contribution in [0.15, 0.2) is 36.7 Å². The molecule has 0 spiro atoms. The van der Waals surface area contributed by atoms with Crippen molar-refractivity contribution in [3.63, 3.8) is 0 Å². The van der Waals surface area contributed by atoms with Gasteiger partial charge in [0.1, 0.15) is 10.8 Å². The lowest BCUT2D eigenvalue weighted by Gasteiger charge is -2.41. The zero-order chi connectivity index (χ0) is 20.8. The Kier molecular flexibility index (Phi) is 4.85. The van der Waals surface area contributed by atoms with Gasteiger partial charge in [-0.2, -0.15) is 0 Å². The second kappa shape index (κ2) is 7.09. The van der Waals surface area contributed by atoms with E-state index in [4.69, 9.17) is 10.5 Å². The van der Waals surface area contributed by atoms with Crippen LogP contribution in [0.5, 0.6) is 0 Å². The zero-order valence-electron chi connectivity index (χ0n) is 17.1. The number of hydrogen-bond donors (Lipinski definition) is 3. The molecule has 0 aliphatic carbocycles. The predicted octanol–water partition coefficient (Wildman–Crippen LogP) is 4.44. The third-order valence-electron chi connectivity index (χ3n) is 5.15. The van der Waals surface area contributed by atoms with Gasteiger partial charge >= 0.3 is 0 Å². The lowest BCUT2D eigenvalue weighted by Crippen LogP contribution is -2.41. The van der Waals surface area contributed by atoms with Gasteiger partial charge in [-0.3, -0.25) is 4.79 Å². The standard InChI is InChI=1S/C22H26N4O2S/c1-21(2)11-15-16(12-23)20(29-17(15)22(3,4)28-21)26-19(27)14-8-6-5-7-13(14)18-24-9-10-25-18/h5-10H,11-12,23H2,1-4H3,(H,24,25)(H,26,27). The number of aromatic amines is 1. The highest BCUT2D eigenvalue weighted by Crippen LogP contribution is 2.48. The Balaban J connectivity index is 1.72. The lowest BCUT2D eigenvalue weighted by molar-refractivity contribution is -0.136. The van der Waals surface area contributed by atoms with E-state index in [0.717, 1.165) is 27.4 Å². The van der Waals surface area contributed by atoms with Crippen molar-refractivity contribution < 1.29 is 9.53 Å². The van der Waals surface area contributed by atoms with E-state index in [0.29, 0.717) is 17.9 Å². The van der Waals surface area contributed by atoms with Crippen molar-refractivity contribution in [1.29, 1.82) is 0 Å². The Morgan fingerprint density at radius 2 is 2.07 bits per heavy atom. The number of hydrogen-bond acceptors (Lipinski definition) is 5. The molecule has 3 heterocycles. The highest BCUT2D eigenvalue weighted by molar-refractivity contribution is 7.16. The fraction of sp³-hybridized carbons (Fsp3) is 0.364. The van der Waals surface area contributed by atoms with Gasteiger partial charge in [0.15, 0.2) is 0 Å². The number of anilines is 1. The number of thiophene rings is 1. The number of amides is 1. The van der Waals surface area contributed by atoms with Crippen LogP contribution in [0.1, 0.15) is 54.1 Å². The highest BCUT2D eigenvalue weighted by atomic mass is 32.1. The molecule has 1 aromatic carbocycles. The number of nitrogens with one attached hydrogen (secondary N) is 2. The van der Waals surface area contributed by atoms with Gasteiger partial charge < -0.3 is 20.8 Å². The Hall–Kier alpha value is -2.48. The van der Waals surface area contributed by atoms with Crippen molar-refractivity contribution >= 4 is 22.2 Å². The summed E-state index contributed by atoms with van der Waals surface area (Å²) in [6.07, 6.45) is 4.19. The third kappa shape index (κ3) is 3.61. The van der Waals surface area contributed by atoms with Gasteiger partial charge in [0.05, 0.1) is 16.8 Å². The topological polar surface area (TPSA) is 93.0 Å². The van der Waals surface area contributed by atoms with Crippen molar-refractivity contribution in [3.05, 3.63) is 58.2 Å². The maximum atomic E-state index is 13.2. The monoisotopic (exact) mass is 410 g/mol. The number of rotatable bonds is 4. The number of carbonyl (C=O) groups excluding carboxylic acids is 1. The van der Waals surface area contributed by atoms with Gasteiger partial charge in [-0.15, -0.1) is 11.3 Å². The molecular formula is C22H26N4O2S. The molecule has 2 aromatic heterocycles. The lowest BCUT2D eigenvalue weighted by atomic mass is 9.86. The number of fused-ring (bicyclic) bond motifs is 1. The minimum absolute atomic E-state index is 0.178. The average molecular weight is 411 g/mol. The third-order valence-corrected chi connectivity index (χ3v) is 6.65. The summed E-state index contributed by atoms with van der Waals surface area (Å²) >= 11 is 1.56. The number of H-pyrrole nitrogens is 1. The molecule has 0 saturated carbocycles.